The summed E-state index contributed by atoms with van der Waals surface area (Å²) in [5, 5.41) is 0. The number of hydrogen-bond donors (Lipinski definition) is 2. The van der Waals surface area contributed by atoms with Crippen molar-refractivity contribution in [3.63, 3.8) is 0 Å². The van der Waals surface area contributed by atoms with Crippen LogP contribution in [0.25, 0.3) is 0 Å². The SMILES string of the molecule is Cc1cncc(C(Cc2cccc(F)c2F)NN)c1. The summed E-state index contributed by atoms with van der Waals surface area (Å²) in [5.74, 6) is 3.82. The fourth-order valence-electron chi connectivity index (χ4n) is 1.97. The average molecular weight is 263 g/mol. The zero-order valence-electron chi connectivity index (χ0n) is 10.5. The van der Waals surface area contributed by atoms with Crippen LogP contribution < -0.4 is 11.3 Å². The molecule has 0 aliphatic heterocycles. The van der Waals surface area contributed by atoms with Gasteiger partial charge in [0.2, 0.25) is 0 Å². The van der Waals surface area contributed by atoms with Crippen LogP contribution in [0, 0.1) is 18.6 Å². The Hall–Kier alpha value is -1.85. The Balaban J connectivity index is 2.26. The van der Waals surface area contributed by atoms with E-state index < -0.39 is 11.6 Å². The van der Waals surface area contributed by atoms with Crippen LogP contribution in [0.5, 0.6) is 0 Å². The van der Waals surface area contributed by atoms with Gasteiger partial charge in [-0.1, -0.05) is 18.2 Å². The highest BCUT2D eigenvalue weighted by molar-refractivity contribution is 5.25. The lowest BCUT2D eigenvalue weighted by atomic mass is 9.99. The van der Waals surface area contributed by atoms with Gasteiger partial charge in [0.25, 0.3) is 0 Å². The Labute approximate surface area is 110 Å². The van der Waals surface area contributed by atoms with Crippen LogP contribution in [0.3, 0.4) is 0 Å². The Bertz CT molecular complexity index is 572. The van der Waals surface area contributed by atoms with Crippen molar-refractivity contribution < 1.29 is 8.78 Å². The van der Waals surface area contributed by atoms with Gasteiger partial charge in [-0.25, -0.2) is 8.78 Å². The maximum absolute atomic E-state index is 13.6. The van der Waals surface area contributed by atoms with Crippen LogP contribution in [0.2, 0.25) is 0 Å². The summed E-state index contributed by atoms with van der Waals surface area (Å²) in [6.07, 6.45) is 3.64. The highest BCUT2D eigenvalue weighted by Crippen LogP contribution is 2.21. The van der Waals surface area contributed by atoms with Crippen molar-refractivity contribution in [3.05, 3.63) is 65.0 Å². The summed E-state index contributed by atoms with van der Waals surface area (Å²) in [5.41, 5.74) is 4.72. The van der Waals surface area contributed by atoms with Crippen molar-refractivity contribution in [3.8, 4) is 0 Å². The number of nitrogens with one attached hydrogen (secondary N) is 1. The molecule has 100 valence electrons. The molecule has 0 amide bonds. The van der Waals surface area contributed by atoms with Gasteiger partial charge in [-0.05, 0) is 36.1 Å². The standard InChI is InChI=1S/C14H15F2N3/c1-9-5-11(8-18-7-9)13(19-17)6-10-3-2-4-12(15)14(10)16/h2-5,7-8,13,19H,6,17H2,1H3. The van der Waals surface area contributed by atoms with Crippen molar-refractivity contribution in [2.75, 3.05) is 0 Å². The van der Waals surface area contributed by atoms with Gasteiger partial charge >= 0.3 is 0 Å². The number of hydrazine groups is 1. The summed E-state index contributed by atoms with van der Waals surface area (Å²) in [4.78, 5) is 4.07. The van der Waals surface area contributed by atoms with E-state index in [1.807, 2.05) is 13.0 Å². The number of halogens is 2. The highest BCUT2D eigenvalue weighted by atomic mass is 19.2. The highest BCUT2D eigenvalue weighted by Gasteiger charge is 2.15. The van der Waals surface area contributed by atoms with Crippen LogP contribution >= 0.6 is 0 Å². The van der Waals surface area contributed by atoms with Crippen LogP contribution in [-0.2, 0) is 6.42 Å². The first kappa shape index (κ1) is 13.6. The van der Waals surface area contributed by atoms with Gasteiger partial charge in [-0.15, -0.1) is 0 Å². The maximum atomic E-state index is 13.6. The molecule has 1 aromatic heterocycles. The third-order valence-electron chi connectivity index (χ3n) is 2.96. The number of nitrogens with two attached hydrogens (primary N) is 1. The predicted molar refractivity (Wildman–Crippen MR) is 69.1 cm³/mol. The molecule has 19 heavy (non-hydrogen) atoms. The number of nitrogens with zero attached hydrogens (tertiary/aromatic N) is 1. The minimum atomic E-state index is -0.851. The van der Waals surface area contributed by atoms with E-state index >= 15 is 0 Å². The number of aryl methyl sites for hydroxylation is 1. The molecular formula is C14H15F2N3. The average Bonchev–Trinajstić information content (AvgIpc) is 2.40. The molecule has 0 bridgehead atoms. The van der Waals surface area contributed by atoms with Gasteiger partial charge < -0.3 is 0 Å². The molecule has 1 atom stereocenters. The molecule has 3 nitrogen and oxygen atoms in total. The molecule has 0 saturated carbocycles. The number of rotatable bonds is 4. The van der Waals surface area contributed by atoms with E-state index in [0.717, 1.165) is 17.2 Å². The smallest absolute Gasteiger partial charge is 0.162 e. The van der Waals surface area contributed by atoms with E-state index in [0.29, 0.717) is 0 Å². The fourth-order valence-corrected chi connectivity index (χ4v) is 1.97. The molecule has 1 aromatic carbocycles. The second kappa shape index (κ2) is 5.86. The van der Waals surface area contributed by atoms with E-state index in [4.69, 9.17) is 5.84 Å². The van der Waals surface area contributed by atoms with Crippen molar-refractivity contribution in [2.45, 2.75) is 19.4 Å². The van der Waals surface area contributed by atoms with Gasteiger partial charge in [-0.2, -0.15) is 0 Å². The van der Waals surface area contributed by atoms with Gasteiger partial charge in [-0.3, -0.25) is 16.3 Å². The first-order chi connectivity index (χ1) is 9.11. The van der Waals surface area contributed by atoms with E-state index in [-0.39, 0.29) is 18.0 Å². The molecular weight excluding hydrogens is 248 g/mol. The second-order valence-corrected chi connectivity index (χ2v) is 4.43. The molecule has 3 N–H and O–H groups in total. The number of aromatic nitrogens is 1. The van der Waals surface area contributed by atoms with Gasteiger partial charge in [0.1, 0.15) is 0 Å². The predicted octanol–water partition coefficient (Wildman–Crippen LogP) is 2.42. The van der Waals surface area contributed by atoms with Crippen LogP contribution in [0.4, 0.5) is 8.78 Å². The minimum absolute atomic E-state index is 0.255. The van der Waals surface area contributed by atoms with Gasteiger partial charge in [0.05, 0.1) is 6.04 Å². The van der Waals surface area contributed by atoms with Crippen molar-refractivity contribution >= 4 is 0 Å². The lowest BCUT2D eigenvalue weighted by Crippen LogP contribution is -2.30. The minimum Gasteiger partial charge on any atom is -0.271 e. The van der Waals surface area contributed by atoms with E-state index in [1.54, 1.807) is 18.5 Å². The van der Waals surface area contributed by atoms with Crippen molar-refractivity contribution in [1.82, 2.24) is 10.4 Å². The van der Waals surface area contributed by atoms with E-state index in [2.05, 4.69) is 10.4 Å². The Morgan fingerprint density at radius 1 is 1.32 bits per heavy atom. The first-order valence-corrected chi connectivity index (χ1v) is 5.92. The Morgan fingerprint density at radius 3 is 2.79 bits per heavy atom. The van der Waals surface area contributed by atoms with Crippen LogP contribution in [0.15, 0.2) is 36.7 Å². The molecule has 5 heteroatoms. The van der Waals surface area contributed by atoms with Gasteiger partial charge in [0.15, 0.2) is 11.6 Å². The quantitative estimate of drug-likeness (QED) is 0.658. The summed E-state index contributed by atoms with van der Waals surface area (Å²) in [7, 11) is 0. The first-order valence-electron chi connectivity index (χ1n) is 5.92. The third-order valence-corrected chi connectivity index (χ3v) is 2.96. The topological polar surface area (TPSA) is 50.9 Å². The van der Waals surface area contributed by atoms with E-state index in [9.17, 15) is 8.78 Å². The molecule has 0 aliphatic carbocycles. The van der Waals surface area contributed by atoms with Crippen molar-refractivity contribution in [2.24, 2.45) is 5.84 Å². The second-order valence-electron chi connectivity index (χ2n) is 4.43. The summed E-state index contributed by atoms with van der Waals surface area (Å²) < 4.78 is 26.8. The molecule has 0 saturated heterocycles. The van der Waals surface area contributed by atoms with E-state index in [1.165, 1.54) is 6.07 Å². The molecule has 2 rings (SSSR count). The zero-order chi connectivity index (χ0) is 13.8. The summed E-state index contributed by atoms with van der Waals surface area (Å²) in [6, 6.07) is 5.72. The number of hydrogen-bond acceptors (Lipinski definition) is 3. The Kier molecular flexibility index (Phi) is 4.19. The molecule has 0 radical (unpaired) electrons. The normalized spacial score (nSPS) is 12.4. The summed E-state index contributed by atoms with van der Waals surface area (Å²) >= 11 is 0. The summed E-state index contributed by atoms with van der Waals surface area (Å²) in [6.45, 7) is 1.91. The molecule has 1 heterocycles. The monoisotopic (exact) mass is 263 g/mol. The molecule has 2 aromatic rings. The zero-order valence-corrected chi connectivity index (χ0v) is 10.5. The molecule has 0 spiro atoms. The fraction of sp³-hybridized carbons (Fsp3) is 0.214. The number of benzene rings is 1. The van der Waals surface area contributed by atoms with Crippen LogP contribution in [0.1, 0.15) is 22.7 Å². The maximum Gasteiger partial charge on any atom is 0.162 e. The third kappa shape index (κ3) is 3.13. The molecule has 0 aliphatic rings. The molecule has 0 fully saturated rings. The lowest BCUT2D eigenvalue weighted by molar-refractivity contribution is 0.481. The Morgan fingerprint density at radius 2 is 2.11 bits per heavy atom. The van der Waals surface area contributed by atoms with Crippen molar-refractivity contribution in [1.29, 1.82) is 0 Å². The van der Waals surface area contributed by atoms with Crippen LogP contribution in [-0.4, -0.2) is 4.98 Å². The lowest BCUT2D eigenvalue weighted by Gasteiger charge is -2.17. The van der Waals surface area contributed by atoms with Gasteiger partial charge in [0, 0.05) is 12.4 Å². The molecule has 1 unspecified atom stereocenters. The number of pyridine rings is 1. The largest absolute Gasteiger partial charge is 0.271 e.